The molecule has 0 saturated heterocycles. The van der Waals surface area contributed by atoms with E-state index in [0.29, 0.717) is 10.9 Å². The van der Waals surface area contributed by atoms with Crippen LogP contribution in [0.25, 0.3) is 5.69 Å². The zero-order chi connectivity index (χ0) is 14.0. The zero-order valence-electron chi connectivity index (χ0n) is 11.3. The first-order chi connectivity index (χ1) is 9.02. The van der Waals surface area contributed by atoms with Crippen LogP contribution in [0.1, 0.15) is 31.0 Å². The van der Waals surface area contributed by atoms with Crippen LogP contribution < -0.4 is 10.5 Å². The molecule has 19 heavy (non-hydrogen) atoms. The lowest BCUT2D eigenvalue weighted by Gasteiger charge is -2.10. The Labute approximate surface area is 118 Å². The molecule has 2 rings (SSSR count). The van der Waals surface area contributed by atoms with Gasteiger partial charge in [-0.05, 0) is 24.1 Å². The molecule has 1 aromatic carbocycles. The van der Waals surface area contributed by atoms with Crippen molar-refractivity contribution in [2.75, 3.05) is 7.11 Å². The molecule has 0 unspecified atom stereocenters. The van der Waals surface area contributed by atoms with Crippen molar-refractivity contribution >= 4 is 17.2 Å². The number of benzene rings is 1. The van der Waals surface area contributed by atoms with Gasteiger partial charge in [-0.15, -0.1) is 0 Å². The normalized spacial score (nSPS) is 10.7. The topological polar surface area (TPSA) is 53.1 Å². The van der Waals surface area contributed by atoms with Crippen molar-refractivity contribution in [2.24, 2.45) is 5.73 Å². The molecule has 0 aliphatic carbocycles. The van der Waals surface area contributed by atoms with Gasteiger partial charge in [0.05, 0.1) is 18.5 Å². The minimum Gasteiger partial charge on any atom is -0.497 e. The van der Waals surface area contributed by atoms with Crippen LogP contribution >= 0.6 is 12.2 Å². The Hall–Kier alpha value is -1.88. The highest BCUT2D eigenvalue weighted by atomic mass is 32.1. The highest BCUT2D eigenvalue weighted by molar-refractivity contribution is 7.80. The van der Waals surface area contributed by atoms with Crippen LogP contribution in [-0.2, 0) is 0 Å². The minimum absolute atomic E-state index is 0.347. The van der Waals surface area contributed by atoms with Crippen molar-refractivity contribution in [1.29, 1.82) is 0 Å². The van der Waals surface area contributed by atoms with Crippen molar-refractivity contribution in [3.63, 3.8) is 0 Å². The summed E-state index contributed by atoms with van der Waals surface area (Å²) in [6.45, 7) is 4.21. The average molecular weight is 275 g/mol. The van der Waals surface area contributed by atoms with E-state index in [4.69, 9.17) is 22.7 Å². The molecule has 0 radical (unpaired) electrons. The number of nitrogens with zero attached hydrogens (tertiary/aromatic N) is 2. The summed E-state index contributed by atoms with van der Waals surface area (Å²) in [5.74, 6) is 1.12. The quantitative estimate of drug-likeness (QED) is 0.872. The smallest absolute Gasteiger partial charge is 0.121 e. The van der Waals surface area contributed by atoms with E-state index in [1.165, 1.54) is 0 Å². The maximum atomic E-state index is 5.76. The number of rotatable bonds is 4. The number of hydrogen-bond donors (Lipinski definition) is 1. The first-order valence-corrected chi connectivity index (χ1v) is 6.47. The Morgan fingerprint density at radius 2 is 2.11 bits per heavy atom. The molecule has 0 fully saturated rings. The fraction of sp³-hybridized carbons (Fsp3) is 0.286. The molecule has 0 spiro atoms. The second-order valence-electron chi connectivity index (χ2n) is 4.59. The van der Waals surface area contributed by atoms with Crippen molar-refractivity contribution in [2.45, 2.75) is 19.8 Å². The zero-order valence-corrected chi connectivity index (χ0v) is 12.1. The molecular weight excluding hydrogens is 258 g/mol. The Balaban J connectivity index is 2.54. The number of thiocarbonyl (C=S) groups is 1. The van der Waals surface area contributed by atoms with Crippen molar-refractivity contribution in [3.05, 3.63) is 41.7 Å². The lowest BCUT2D eigenvalue weighted by Crippen LogP contribution is -2.14. The Morgan fingerprint density at radius 3 is 2.63 bits per heavy atom. The van der Waals surface area contributed by atoms with E-state index < -0.39 is 0 Å². The van der Waals surface area contributed by atoms with Crippen LogP contribution in [0.5, 0.6) is 5.75 Å². The number of aromatic nitrogens is 2. The summed E-state index contributed by atoms with van der Waals surface area (Å²) < 4.78 is 7.02. The molecule has 0 bridgehead atoms. The molecule has 5 heteroatoms. The van der Waals surface area contributed by atoms with Crippen LogP contribution in [0.3, 0.4) is 0 Å². The first-order valence-electron chi connectivity index (χ1n) is 6.06. The van der Waals surface area contributed by atoms with E-state index in [0.717, 1.165) is 22.7 Å². The van der Waals surface area contributed by atoms with Crippen LogP contribution in [-0.4, -0.2) is 21.9 Å². The number of hydrogen-bond acceptors (Lipinski definition) is 3. The van der Waals surface area contributed by atoms with E-state index in [-0.39, 0.29) is 0 Å². The number of nitrogens with two attached hydrogens (primary N) is 1. The van der Waals surface area contributed by atoms with E-state index in [1.54, 1.807) is 11.8 Å². The standard InChI is InChI=1S/C14H17N3OS/c1-9(2)12-6-7-17(16-12)13-8-10(18-3)4-5-11(13)14(15)19/h4-9H,1-3H3,(H2,15,19). The van der Waals surface area contributed by atoms with E-state index >= 15 is 0 Å². The van der Waals surface area contributed by atoms with Gasteiger partial charge in [0, 0.05) is 17.8 Å². The molecule has 1 aromatic heterocycles. The van der Waals surface area contributed by atoms with Crippen LogP contribution in [0.2, 0.25) is 0 Å². The van der Waals surface area contributed by atoms with Crippen molar-refractivity contribution in [3.8, 4) is 11.4 Å². The minimum atomic E-state index is 0.347. The maximum Gasteiger partial charge on any atom is 0.121 e. The summed E-state index contributed by atoms with van der Waals surface area (Å²) in [4.78, 5) is 0.347. The lowest BCUT2D eigenvalue weighted by atomic mass is 10.1. The molecule has 2 N–H and O–H groups in total. The summed E-state index contributed by atoms with van der Waals surface area (Å²) >= 11 is 5.08. The summed E-state index contributed by atoms with van der Waals surface area (Å²) in [5.41, 5.74) is 8.40. The van der Waals surface area contributed by atoms with Gasteiger partial charge in [-0.2, -0.15) is 5.10 Å². The van der Waals surface area contributed by atoms with E-state index in [1.807, 2.05) is 30.5 Å². The summed E-state index contributed by atoms with van der Waals surface area (Å²) in [7, 11) is 1.63. The third-order valence-corrected chi connectivity index (χ3v) is 3.14. The summed E-state index contributed by atoms with van der Waals surface area (Å²) in [6.07, 6.45) is 1.91. The number of ether oxygens (including phenoxy) is 1. The molecule has 1 heterocycles. The fourth-order valence-corrected chi connectivity index (χ4v) is 1.99. The maximum absolute atomic E-state index is 5.76. The van der Waals surface area contributed by atoms with Crippen LogP contribution in [0.4, 0.5) is 0 Å². The van der Waals surface area contributed by atoms with Gasteiger partial charge in [0.25, 0.3) is 0 Å². The fourth-order valence-electron chi connectivity index (χ4n) is 1.82. The van der Waals surface area contributed by atoms with Gasteiger partial charge in [0.15, 0.2) is 0 Å². The highest BCUT2D eigenvalue weighted by Crippen LogP contribution is 2.22. The molecule has 0 amide bonds. The lowest BCUT2D eigenvalue weighted by molar-refractivity contribution is 0.414. The molecule has 0 aliphatic rings. The third-order valence-electron chi connectivity index (χ3n) is 2.92. The molecule has 0 saturated carbocycles. The summed E-state index contributed by atoms with van der Waals surface area (Å²) in [6, 6.07) is 7.57. The van der Waals surface area contributed by atoms with Crippen molar-refractivity contribution in [1.82, 2.24) is 9.78 Å². The highest BCUT2D eigenvalue weighted by Gasteiger charge is 2.11. The Kier molecular flexibility index (Phi) is 3.85. The monoisotopic (exact) mass is 275 g/mol. The molecule has 4 nitrogen and oxygen atoms in total. The van der Waals surface area contributed by atoms with Gasteiger partial charge in [0.1, 0.15) is 10.7 Å². The van der Waals surface area contributed by atoms with Gasteiger partial charge < -0.3 is 10.5 Å². The molecular formula is C14H17N3OS. The van der Waals surface area contributed by atoms with E-state index in [2.05, 4.69) is 18.9 Å². The Morgan fingerprint density at radius 1 is 1.37 bits per heavy atom. The SMILES string of the molecule is COc1ccc(C(N)=S)c(-n2ccc(C(C)C)n2)c1. The predicted molar refractivity (Wildman–Crippen MR) is 80.1 cm³/mol. The molecule has 0 atom stereocenters. The second kappa shape index (κ2) is 5.40. The van der Waals surface area contributed by atoms with E-state index in [9.17, 15) is 0 Å². The molecule has 0 aliphatic heterocycles. The van der Waals surface area contributed by atoms with Gasteiger partial charge in [-0.1, -0.05) is 26.1 Å². The van der Waals surface area contributed by atoms with Crippen molar-refractivity contribution < 1.29 is 4.74 Å². The van der Waals surface area contributed by atoms with Crippen LogP contribution in [0, 0.1) is 0 Å². The third kappa shape index (κ3) is 2.76. The Bertz CT molecular complexity index is 604. The largest absolute Gasteiger partial charge is 0.497 e. The van der Waals surface area contributed by atoms with Gasteiger partial charge >= 0.3 is 0 Å². The van der Waals surface area contributed by atoms with Gasteiger partial charge in [0.2, 0.25) is 0 Å². The summed E-state index contributed by atoms with van der Waals surface area (Å²) in [5, 5.41) is 4.54. The predicted octanol–water partition coefficient (Wildman–Crippen LogP) is 2.64. The van der Waals surface area contributed by atoms with Gasteiger partial charge in [-0.3, -0.25) is 0 Å². The second-order valence-corrected chi connectivity index (χ2v) is 5.03. The molecule has 2 aromatic rings. The van der Waals surface area contributed by atoms with Gasteiger partial charge in [-0.25, -0.2) is 4.68 Å². The van der Waals surface area contributed by atoms with Crippen LogP contribution in [0.15, 0.2) is 30.5 Å². The first kappa shape index (κ1) is 13.5. The average Bonchev–Trinajstić information content (AvgIpc) is 2.87. The number of methoxy groups -OCH3 is 1. The molecule has 100 valence electrons.